The van der Waals surface area contributed by atoms with Crippen molar-refractivity contribution in [3.8, 4) is 11.5 Å². The molecule has 122 valence electrons. The number of hydrogen-bond acceptors (Lipinski definition) is 4. The van der Waals surface area contributed by atoms with E-state index in [4.69, 9.17) is 16.3 Å². The largest absolute Gasteiger partial charge is 0.508 e. The van der Waals surface area contributed by atoms with Crippen LogP contribution >= 0.6 is 11.6 Å². The second kappa shape index (κ2) is 7.57. The molecule has 0 unspecified atom stereocenters. The molecule has 0 radical (unpaired) electrons. The molecule has 1 aliphatic heterocycles. The average Bonchev–Trinajstić information content (AvgIpc) is 2.58. The number of anilines is 1. The quantitative estimate of drug-likeness (QED) is 0.911. The highest BCUT2D eigenvalue weighted by Crippen LogP contribution is 2.20. The summed E-state index contributed by atoms with van der Waals surface area (Å²) in [7, 11) is 0. The molecule has 3 rings (SSSR count). The zero-order valence-corrected chi connectivity index (χ0v) is 13.7. The zero-order valence-electron chi connectivity index (χ0n) is 13.0. The van der Waals surface area contributed by atoms with Crippen LogP contribution in [0, 0.1) is 0 Å². The second-order valence-electron chi connectivity index (χ2n) is 5.65. The van der Waals surface area contributed by atoms with Crippen LogP contribution in [-0.4, -0.2) is 49.3 Å². The van der Waals surface area contributed by atoms with Crippen molar-refractivity contribution >= 4 is 17.3 Å². The summed E-state index contributed by atoms with van der Waals surface area (Å²) in [6.45, 7) is 5.63. The molecule has 0 aliphatic carbocycles. The van der Waals surface area contributed by atoms with Crippen LogP contribution in [0.25, 0.3) is 0 Å². The number of halogens is 1. The fourth-order valence-electron chi connectivity index (χ4n) is 2.72. The van der Waals surface area contributed by atoms with Gasteiger partial charge in [0.2, 0.25) is 0 Å². The summed E-state index contributed by atoms with van der Waals surface area (Å²) in [4.78, 5) is 4.75. The molecule has 4 nitrogen and oxygen atoms in total. The Bertz CT molecular complexity index is 605. The normalized spacial score (nSPS) is 15.6. The lowest BCUT2D eigenvalue weighted by Crippen LogP contribution is -2.47. The molecule has 2 aromatic carbocycles. The first kappa shape index (κ1) is 16.0. The lowest BCUT2D eigenvalue weighted by molar-refractivity contribution is 0.200. The van der Waals surface area contributed by atoms with Crippen molar-refractivity contribution in [2.75, 3.05) is 44.2 Å². The smallest absolute Gasteiger partial charge is 0.119 e. The molecule has 1 heterocycles. The number of aromatic hydroxyl groups is 1. The molecule has 5 heteroatoms. The van der Waals surface area contributed by atoms with Crippen LogP contribution in [0.4, 0.5) is 5.69 Å². The summed E-state index contributed by atoms with van der Waals surface area (Å²) >= 11 is 5.86. The predicted molar refractivity (Wildman–Crippen MR) is 93.7 cm³/mol. The average molecular weight is 333 g/mol. The lowest BCUT2D eigenvalue weighted by Gasteiger charge is -2.36. The van der Waals surface area contributed by atoms with Gasteiger partial charge in [-0.3, -0.25) is 4.90 Å². The Kier molecular flexibility index (Phi) is 5.26. The fourth-order valence-corrected chi connectivity index (χ4v) is 2.84. The summed E-state index contributed by atoms with van der Waals surface area (Å²) < 4.78 is 5.75. The van der Waals surface area contributed by atoms with Gasteiger partial charge in [-0.1, -0.05) is 11.6 Å². The van der Waals surface area contributed by atoms with Gasteiger partial charge in [-0.05, 0) is 48.5 Å². The molecular weight excluding hydrogens is 312 g/mol. The lowest BCUT2D eigenvalue weighted by atomic mass is 10.2. The van der Waals surface area contributed by atoms with E-state index in [0.29, 0.717) is 12.4 Å². The molecular formula is C18H21ClN2O2. The summed E-state index contributed by atoms with van der Waals surface area (Å²) in [5.41, 5.74) is 1.17. The molecule has 1 aliphatic rings. The zero-order chi connectivity index (χ0) is 16.1. The maximum atomic E-state index is 9.36. The maximum Gasteiger partial charge on any atom is 0.119 e. The standard InChI is InChI=1S/C18H21ClN2O2/c19-15-1-7-18(8-2-15)23-14-13-20-9-11-21(12-10-20)16-3-5-17(22)6-4-16/h1-8,22H,9-14H2. The molecule has 2 aromatic rings. The number of hydrogen-bond donors (Lipinski definition) is 1. The van der Waals surface area contributed by atoms with Gasteiger partial charge in [-0.25, -0.2) is 0 Å². The third kappa shape index (κ3) is 4.53. The topological polar surface area (TPSA) is 35.9 Å². The van der Waals surface area contributed by atoms with Crippen LogP contribution in [0.2, 0.25) is 5.02 Å². The van der Waals surface area contributed by atoms with Crippen molar-refractivity contribution < 1.29 is 9.84 Å². The van der Waals surface area contributed by atoms with E-state index >= 15 is 0 Å². The number of benzene rings is 2. The van der Waals surface area contributed by atoms with Crippen molar-refractivity contribution in [2.24, 2.45) is 0 Å². The third-order valence-corrected chi connectivity index (χ3v) is 4.33. The SMILES string of the molecule is Oc1ccc(N2CCN(CCOc3ccc(Cl)cc3)CC2)cc1. The van der Waals surface area contributed by atoms with E-state index in [2.05, 4.69) is 9.80 Å². The Morgan fingerprint density at radius 1 is 0.913 bits per heavy atom. The molecule has 1 fully saturated rings. The van der Waals surface area contributed by atoms with Crippen LogP contribution in [0.3, 0.4) is 0 Å². The molecule has 1 saturated heterocycles. The van der Waals surface area contributed by atoms with Crippen molar-refractivity contribution in [1.29, 1.82) is 0 Å². The van der Waals surface area contributed by atoms with Crippen molar-refractivity contribution in [3.63, 3.8) is 0 Å². The van der Waals surface area contributed by atoms with Crippen molar-refractivity contribution in [3.05, 3.63) is 53.6 Å². The maximum absolute atomic E-state index is 9.36. The Labute approximate surface area is 141 Å². The third-order valence-electron chi connectivity index (χ3n) is 4.08. The van der Waals surface area contributed by atoms with Crippen molar-refractivity contribution in [1.82, 2.24) is 4.90 Å². The predicted octanol–water partition coefficient (Wildman–Crippen LogP) is 3.25. The number of rotatable bonds is 5. The molecule has 0 amide bonds. The monoisotopic (exact) mass is 332 g/mol. The van der Waals surface area contributed by atoms with E-state index in [1.165, 1.54) is 5.69 Å². The summed E-state index contributed by atoms with van der Waals surface area (Å²) in [6.07, 6.45) is 0. The minimum absolute atomic E-state index is 0.312. The number of nitrogens with zero attached hydrogens (tertiary/aromatic N) is 2. The first-order valence-electron chi connectivity index (χ1n) is 7.85. The highest BCUT2D eigenvalue weighted by molar-refractivity contribution is 6.30. The van der Waals surface area contributed by atoms with Gasteiger partial charge >= 0.3 is 0 Å². The van der Waals surface area contributed by atoms with Gasteiger partial charge in [0, 0.05) is 43.4 Å². The second-order valence-corrected chi connectivity index (χ2v) is 6.08. The molecule has 0 spiro atoms. The van der Waals surface area contributed by atoms with E-state index in [1.54, 1.807) is 12.1 Å². The number of phenolic OH excluding ortho intramolecular Hbond substituents is 1. The Morgan fingerprint density at radius 3 is 2.22 bits per heavy atom. The van der Waals surface area contributed by atoms with Gasteiger partial charge in [-0.2, -0.15) is 0 Å². The molecule has 0 saturated carbocycles. The fraction of sp³-hybridized carbons (Fsp3) is 0.333. The van der Waals surface area contributed by atoms with Crippen molar-refractivity contribution in [2.45, 2.75) is 0 Å². The van der Waals surface area contributed by atoms with Crippen LogP contribution in [-0.2, 0) is 0 Å². The molecule has 1 N–H and O–H groups in total. The van der Waals surface area contributed by atoms with E-state index < -0.39 is 0 Å². The Morgan fingerprint density at radius 2 is 1.57 bits per heavy atom. The van der Waals surface area contributed by atoms with Gasteiger partial charge in [0.05, 0.1) is 0 Å². The molecule has 0 atom stereocenters. The molecule has 0 bridgehead atoms. The Hall–Kier alpha value is -1.91. The van der Waals surface area contributed by atoms with E-state index in [9.17, 15) is 5.11 Å². The highest BCUT2D eigenvalue weighted by Gasteiger charge is 2.16. The van der Waals surface area contributed by atoms with Gasteiger partial charge in [-0.15, -0.1) is 0 Å². The first-order chi connectivity index (χ1) is 11.2. The first-order valence-corrected chi connectivity index (χ1v) is 8.23. The summed E-state index contributed by atoms with van der Waals surface area (Å²) in [5.74, 6) is 1.17. The minimum atomic E-state index is 0.312. The van der Waals surface area contributed by atoms with Crippen LogP contribution in [0.15, 0.2) is 48.5 Å². The van der Waals surface area contributed by atoms with Gasteiger partial charge in [0.15, 0.2) is 0 Å². The van der Waals surface area contributed by atoms with E-state index in [0.717, 1.165) is 43.5 Å². The molecule has 23 heavy (non-hydrogen) atoms. The van der Waals surface area contributed by atoms with Gasteiger partial charge in [0.25, 0.3) is 0 Å². The van der Waals surface area contributed by atoms with E-state index in [1.807, 2.05) is 36.4 Å². The van der Waals surface area contributed by atoms with Crippen LogP contribution < -0.4 is 9.64 Å². The van der Waals surface area contributed by atoms with Crippen LogP contribution in [0.5, 0.6) is 11.5 Å². The van der Waals surface area contributed by atoms with Crippen LogP contribution in [0.1, 0.15) is 0 Å². The van der Waals surface area contributed by atoms with Gasteiger partial charge in [0.1, 0.15) is 18.1 Å². The summed E-state index contributed by atoms with van der Waals surface area (Å²) in [5, 5.41) is 10.1. The number of piperazine rings is 1. The van der Waals surface area contributed by atoms with Gasteiger partial charge < -0.3 is 14.7 Å². The molecule has 0 aromatic heterocycles. The minimum Gasteiger partial charge on any atom is -0.508 e. The summed E-state index contributed by atoms with van der Waals surface area (Å²) in [6, 6.07) is 14.9. The number of ether oxygens (including phenoxy) is 1. The van der Waals surface area contributed by atoms with E-state index in [-0.39, 0.29) is 0 Å². The highest BCUT2D eigenvalue weighted by atomic mass is 35.5. The Balaban J connectivity index is 1.40. The number of phenols is 1.